The van der Waals surface area contributed by atoms with Gasteiger partial charge in [-0.2, -0.15) is 5.10 Å². The molecule has 8 heteroatoms. The number of fused-ring (bicyclic) bond motifs is 1. The minimum Gasteiger partial charge on any atom is -0.481 e. The van der Waals surface area contributed by atoms with E-state index in [1.807, 2.05) is 47.4 Å². The molecule has 4 heterocycles. The van der Waals surface area contributed by atoms with Crippen LogP contribution in [0.25, 0.3) is 22.5 Å². The summed E-state index contributed by atoms with van der Waals surface area (Å²) in [4.78, 5) is 20.0. The molecule has 1 amide bonds. The highest BCUT2D eigenvalue weighted by Crippen LogP contribution is 2.49. The van der Waals surface area contributed by atoms with Crippen molar-refractivity contribution in [3.63, 3.8) is 0 Å². The lowest BCUT2D eigenvalue weighted by atomic mass is 9.80. The molecule has 4 aromatic rings. The van der Waals surface area contributed by atoms with Gasteiger partial charge in [-0.15, -0.1) is 0 Å². The number of anilines is 1. The first-order valence-corrected chi connectivity index (χ1v) is 11.7. The third-order valence-corrected chi connectivity index (χ3v) is 7.00. The fourth-order valence-corrected chi connectivity index (χ4v) is 5.37. The summed E-state index contributed by atoms with van der Waals surface area (Å²) in [6.45, 7) is 0. The van der Waals surface area contributed by atoms with Gasteiger partial charge in [0, 0.05) is 40.7 Å². The Labute approximate surface area is 196 Å². The Morgan fingerprint density at radius 1 is 1.03 bits per heavy atom. The number of benzene rings is 1. The number of ether oxygens (including phenoxy) is 1. The van der Waals surface area contributed by atoms with Crippen molar-refractivity contribution in [2.75, 3.05) is 12.0 Å². The predicted octanol–water partition coefficient (Wildman–Crippen LogP) is 5.42. The number of aromatic nitrogens is 4. The Morgan fingerprint density at radius 2 is 1.82 bits per heavy atom. The van der Waals surface area contributed by atoms with Crippen molar-refractivity contribution in [1.82, 2.24) is 20.3 Å². The molecule has 1 unspecified atom stereocenters. The highest BCUT2D eigenvalue weighted by molar-refractivity contribution is 6.11. The van der Waals surface area contributed by atoms with E-state index >= 15 is 0 Å². The maximum Gasteiger partial charge on any atom is 0.277 e. The Kier molecular flexibility index (Phi) is 5.13. The predicted molar refractivity (Wildman–Crippen MR) is 126 cm³/mol. The van der Waals surface area contributed by atoms with E-state index in [0.717, 1.165) is 46.6 Å². The van der Waals surface area contributed by atoms with Crippen LogP contribution in [0.1, 0.15) is 54.2 Å². The van der Waals surface area contributed by atoms with Crippen molar-refractivity contribution < 1.29 is 14.1 Å². The minimum atomic E-state index is -0.0726. The molecule has 1 saturated carbocycles. The third kappa shape index (κ3) is 3.37. The van der Waals surface area contributed by atoms with E-state index in [4.69, 9.17) is 9.26 Å². The molecule has 1 aliphatic heterocycles. The van der Waals surface area contributed by atoms with E-state index in [0.29, 0.717) is 17.5 Å². The van der Waals surface area contributed by atoms with E-state index < -0.39 is 0 Å². The number of carbonyl (C=O) groups excluding carboxylic acids is 1. The summed E-state index contributed by atoms with van der Waals surface area (Å²) in [7, 11) is 1.60. The standard InChI is InChI=1S/C26H25N5O3/c1-33-21-12-9-18(15-27-21)23-22-24(29-28-23)26(32)31(25(22)17-5-3-2-4-6-17)19-10-7-16(8-11-19)20-13-14-34-30-20/h7-15,17,25H,2-6H2,1H3,(H,28,29). The second-order valence-electron chi connectivity index (χ2n) is 8.90. The number of hydrogen-bond donors (Lipinski definition) is 1. The van der Waals surface area contributed by atoms with Crippen LogP contribution in [0.15, 0.2) is 59.4 Å². The monoisotopic (exact) mass is 455 g/mol. The number of H-pyrrole nitrogens is 1. The molecule has 1 N–H and O–H groups in total. The van der Waals surface area contributed by atoms with Crippen LogP contribution in [0.5, 0.6) is 5.88 Å². The number of nitrogens with one attached hydrogen (secondary N) is 1. The lowest BCUT2D eigenvalue weighted by molar-refractivity contribution is 0.0977. The second-order valence-corrected chi connectivity index (χ2v) is 8.90. The molecule has 6 rings (SSSR count). The number of methoxy groups -OCH3 is 1. The van der Waals surface area contributed by atoms with Crippen LogP contribution in [0.2, 0.25) is 0 Å². The smallest absolute Gasteiger partial charge is 0.277 e. The zero-order valence-corrected chi connectivity index (χ0v) is 18.9. The van der Waals surface area contributed by atoms with Gasteiger partial charge < -0.3 is 9.26 Å². The highest BCUT2D eigenvalue weighted by atomic mass is 16.5. The zero-order chi connectivity index (χ0) is 23.1. The van der Waals surface area contributed by atoms with Crippen molar-refractivity contribution in [2.45, 2.75) is 38.1 Å². The summed E-state index contributed by atoms with van der Waals surface area (Å²) in [6.07, 6.45) is 9.11. The van der Waals surface area contributed by atoms with Gasteiger partial charge in [-0.3, -0.25) is 14.8 Å². The summed E-state index contributed by atoms with van der Waals surface area (Å²) in [6, 6.07) is 13.5. The van der Waals surface area contributed by atoms with E-state index in [1.165, 1.54) is 19.3 Å². The number of nitrogens with zero attached hydrogens (tertiary/aromatic N) is 4. The molecule has 1 aromatic carbocycles. The maximum absolute atomic E-state index is 13.7. The van der Waals surface area contributed by atoms with Crippen LogP contribution in [0, 0.1) is 5.92 Å². The highest BCUT2D eigenvalue weighted by Gasteiger charge is 2.45. The van der Waals surface area contributed by atoms with E-state index in [1.54, 1.807) is 19.6 Å². The minimum absolute atomic E-state index is 0.0417. The molecule has 3 aromatic heterocycles. The summed E-state index contributed by atoms with van der Waals surface area (Å²) >= 11 is 0. The molecule has 0 saturated heterocycles. The first-order chi connectivity index (χ1) is 16.7. The lowest BCUT2D eigenvalue weighted by Crippen LogP contribution is -2.33. The van der Waals surface area contributed by atoms with Crippen molar-refractivity contribution in [1.29, 1.82) is 0 Å². The normalized spacial score (nSPS) is 18.3. The maximum atomic E-state index is 13.7. The molecule has 1 fully saturated rings. The van der Waals surface area contributed by atoms with Gasteiger partial charge >= 0.3 is 0 Å². The van der Waals surface area contributed by atoms with Gasteiger partial charge in [0.05, 0.1) is 18.8 Å². The van der Waals surface area contributed by atoms with Crippen LogP contribution in [-0.2, 0) is 0 Å². The topological polar surface area (TPSA) is 97.1 Å². The number of aromatic amines is 1. The molecule has 1 atom stereocenters. The van der Waals surface area contributed by atoms with E-state index in [9.17, 15) is 4.79 Å². The SMILES string of the molecule is COc1ccc(-c2n[nH]c3c2C(C2CCCCC2)N(c2ccc(-c4ccon4)cc2)C3=O)cn1. The average Bonchev–Trinajstić information content (AvgIpc) is 3.63. The number of amides is 1. The van der Waals surface area contributed by atoms with Crippen molar-refractivity contribution in [3.05, 3.63) is 66.2 Å². The van der Waals surface area contributed by atoms with Gasteiger partial charge in [-0.25, -0.2) is 4.98 Å². The van der Waals surface area contributed by atoms with Crippen LogP contribution in [0.4, 0.5) is 5.69 Å². The van der Waals surface area contributed by atoms with Gasteiger partial charge in [0.25, 0.3) is 5.91 Å². The Balaban J connectivity index is 1.42. The van der Waals surface area contributed by atoms with Gasteiger partial charge in [-0.05, 0) is 37.0 Å². The molecule has 2 aliphatic rings. The molecular weight excluding hydrogens is 430 g/mol. The molecule has 8 nitrogen and oxygen atoms in total. The molecular formula is C26H25N5O3. The summed E-state index contributed by atoms with van der Waals surface area (Å²) in [5.41, 5.74) is 5.80. The van der Waals surface area contributed by atoms with E-state index in [2.05, 4.69) is 20.3 Å². The summed E-state index contributed by atoms with van der Waals surface area (Å²) in [5, 5.41) is 11.6. The zero-order valence-electron chi connectivity index (χ0n) is 18.9. The molecule has 0 spiro atoms. The molecule has 34 heavy (non-hydrogen) atoms. The Hall–Kier alpha value is -3.94. The fraction of sp³-hybridized carbons (Fsp3) is 0.308. The fourth-order valence-electron chi connectivity index (χ4n) is 5.37. The van der Waals surface area contributed by atoms with Gasteiger partial charge in [0.2, 0.25) is 5.88 Å². The van der Waals surface area contributed by atoms with Crippen LogP contribution >= 0.6 is 0 Å². The van der Waals surface area contributed by atoms with Gasteiger partial charge in [0.1, 0.15) is 17.7 Å². The van der Waals surface area contributed by atoms with E-state index in [-0.39, 0.29) is 11.9 Å². The Morgan fingerprint density at radius 3 is 2.50 bits per heavy atom. The molecule has 0 radical (unpaired) electrons. The first-order valence-electron chi connectivity index (χ1n) is 11.7. The van der Waals surface area contributed by atoms with Crippen molar-refractivity contribution in [3.8, 4) is 28.4 Å². The first kappa shape index (κ1) is 20.7. The molecule has 1 aliphatic carbocycles. The van der Waals surface area contributed by atoms with Crippen LogP contribution in [-0.4, -0.2) is 33.4 Å². The largest absolute Gasteiger partial charge is 0.481 e. The quantitative estimate of drug-likeness (QED) is 0.432. The molecule has 0 bridgehead atoms. The van der Waals surface area contributed by atoms with Crippen molar-refractivity contribution >= 4 is 11.6 Å². The summed E-state index contributed by atoms with van der Waals surface area (Å²) in [5.74, 6) is 0.876. The third-order valence-electron chi connectivity index (χ3n) is 7.00. The van der Waals surface area contributed by atoms with Gasteiger partial charge in [0.15, 0.2) is 0 Å². The Bertz CT molecular complexity index is 1290. The summed E-state index contributed by atoms with van der Waals surface area (Å²) < 4.78 is 10.2. The van der Waals surface area contributed by atoms with Crippen molar-refractivity contribution in [2.24, 2.45) is 5.92 Å². The number of rotatable bonds is 5. The lowest BCUT2D eigenvalue weighted by Gasteiger charge is -2.34. The number of carbonyl (C=O) groups is 1. The van der Waals surface area contributed by atoms with Gasteiger partial charge in [-0.1, -0.05) is 36.6 Å². The second kappa shape index (κ2) is 8.44. The average molecular weight is 456 g/mol. The number of hydrogen-bond acceptors (Lipinski definition) is 6. The number of pyridine rings is 1. The van der Waals surface area contributed by atoms with Crippen LogP contribution < -0.4 is 9.64 Å². The van der Waals surface area contributed by atoms with Crippen LogP contribution in [0.3, 0.4) is 0 Å². The molecule has 172 valence electrons.